The smallest absolute Gasteiger partial charge is 0.193 e. The predicted molar refractivity (Wildman–Crippen MR) is 90.6 cm³/mol. The lowest BCUT2D eigenvalue weighted by Gasteiger charge is -2.12. The number of hydrogen-bond donors (Lipinski definition) is 2. The average molecular weight is 319 g/mol. The van der Waals surface area contributed by atoms with E-state index in [-0.39, 0.29) is 5.41 Å². The minimum atomic E-state index is 0.00399. The number of aliphatic imine (C=N–C) groups is 1. The fourth-order valence-electron chi connectivity index (χ4n) is 1.66. The number of nitrogens with two attached hydrogens (primary N) is 1. The van der Waals surface area contributed by atoms with Crippen molar-refractivity contribution in [3.8, 4) is 5.75 Å². The van der Waals surface area contributed by atoms with Crippen molar-refractivity contribution in [3.63, 3.8) is 0 Å². The molecular weight excluding hydrogens is 298 g/mol. The lowest BCUT2D eigenvalue weighted by atomic mass is 9.98. The molecule has 0 aliphatic rings. The number of ether oxygens (including phenoxy) is 1. The van der Waals surface area contributed by atoms with Gasteiger partial charge in [-0.15, -0.1) is 10.2 Å². The van der Waals surface area contributed by atoms with E-state index in [1.54, 1.807) is 18.4 Å². The molecule has 0 aliphatic heterocycles. The standard InChI is InChI=1S/C15H21N5OS/c1-15(2,3)13-20-19-12(22-13)9-17-14(16)18-10-6-5-7-11(8-10)21-4/h5-8H,9H2,1-4H3,(H3,16,17,18). The summed E-state index contributed by atoms with van der Waals surface area (Å²) in [5, 5.41) is 13.2. The highest BCUT2D eigenvalue weighted by Gasteiger charge is 2.19. The van der Waals surface area contributed by atoms with E-state index in [2.05, 4.69) is 41.3 Å². The van der Waals surface area contributed by atoms with Crippen molar-refractivity contribution < 1.29 is 4.74 Å². The number of benzene rings is 1. The van der Waals surface area contributed by atoms with E-state index in [4.69, 9.17) is 10.5 Å². The zero-order chi connectivity index (χ0) is 16.2. The molecule has 7 heteroatoms. The zero-order valence-electron chi connectivity index (χ0n) is 13.3. The number of methoxy groups -OCH3 is 1. The van der Waals surface area contributed by atoms with Crippen molar-refractivity contribution in [1.82, 2.24) is 10.2 Å². The van der Waals surface area contributed by atoms with Crippen molar-refractivity contribution in [2.75, 3.05) is 12.4 Å². The molecule has 0 saturated carbocycles. The summed E-state index contributed by atoms with van der Waals surface area (Å²) in [5.41, 5.74) is 6.72. The van der Waals surface area contributed by atoms with Crippen LogP contribution in [-0.2, 0) is 12.0 Å². The van der Waals surface area contributed by atoms with Gasteiger partial charge in [-0.05, 0) is 12.1 Å². The van der Waals surface area contributed by atoms with E-state index in [0.29, 0.717) is 12.5 Å². The van der Waals surface area contributed by atoms with Crippen LogP contribution >= 0.6 is 11.3 Å². The first-order valence-corrected chi connectivity index (χ1v) is 7.74. The fraction of sp³-hybridized carbons (Fsp3) is 0.400. The minimum absolute atomic E-state index is 0.00399. The highest BCUT2D eigenvalue weighted by atomic mass is 32.1. The van der Waals surface area contributed by atoms with Gasteiger partial charge in [-0.25, -0.2) is 4.99 Å². The van der Waals surface area contributed by atoms with Gasteiger partial charge in [-0.3, -0.25) is 0 Å². The lowest BCUT2D eigenvalue weighted by Crippen LogP contribution is -2.22. The molecule has 2 aromatic rings. The second kappa shape index (κ2) is 6.74. The first-order valence-electron chi connectivity index (χ1n) is 6.92. The largest absolute Gasteiger partial charge is 0.497 e. The number of guanidine groups is 1. The summed E-state index contributed by atoms with van der Waals surface area (Å²) in [7, 11) is 1.62. The third-order valence-electron chi connectivity index (χ3n) is 2.84. The van der Waals surface area contributed by atoms with Gasteiger partial charge in [0.1, 0.15) is 15.8 Å². The molecule has 1 aromatic carbocycles. The topological polar surface area (TPSA) is 85.4 Å². The Morgan fingerprint density at radius 1 is 1.36 bits per heavy atom. The van der Waals surface area contributed by atoms with Crippen LogP contribution in [-0.4, -0.2) is 23.3 Å². The Hall–Kier alpha value is -2.15. The van der Waals surface area contributed by atoms with Crippen LogP contribution in [0, 0.1) is 0 Å². The van der Waals surface area contributed by atoms with E-state index < -0.39 is 0 Å². The number of nitrogens with one attached hydrogen (secondary N) is 1. The van der Waals surface area contributed by atoms with Gasteiger partial charge in [0.25, 0.3) is 0 Å². The van der Waals surface area contributed by atoms with Crippen LogP contribution in [0.1, 0.15) is 30.8 Å². The van der Waals surface area contributed by atoms with Gasteiger partial charge >= 0.3 is 0 Å². The second-order valence-corrected chi connectivity index (χ2v) is 6.87. The van der Waals surface area contributed by atoms with Crippen LogP contribution in [0.5, 0.6) is 5.75 Å². The molecule has 0 spiro atoms. The quantitative estimate of drug-likeness (QED) is 0.668. The Morgan fingerprint density at radius 3 is 2.77 bits per heavy atom. The fourth-order valence-corrected chi connectivity index (χ4v) is 2.48. The molecule has 0 fully saturated rings. The van der Waals surface area contributed by atoms with Gasteiger partial charge in [0, 0.05) is 17.2 Å². The summed E-state index contributed by atoms with van der Waals surface area (Å²) in [5.74, 6) is 1.09. The van der Waals surface area contributed by atoms with Gasteiger partial charge in [-0.2, -0.15) is 0 Å². The molecule has 0 saturated heterocycles. The van der Waals surface area contributed by atoms with Crippen molar-refractivity contribution >= 4 is 23.0 Å². The SMILES string of the molecule is COc1cccc(NC(N)=NCc2nnc(C(C)(C)C)s2)c1. The summed E-state index contributed by atoms with van der Waals surface area (Å²) in [6, 6.07) is 7.50. The van der Waals surface area contributed by atoms with Crippen LogP contribution < -0.4 is 15.8 Å². The third kappa shape index (κ3) is 4.42. The molecule has 0 amide bonds. The molecule has 2 rings (SSSR count). The molecule has 1 aromatic heterocycles. The Balaban J connectivity index is 1.99. The van der Waals surface area contributed by atoms with Crippen LogP contribution in [0.4, 0.5) is 5.69 Å². The molecule has 3 N–H and O–H groups in total. The van der Waals surface area contributed by atoms with E-state index in [0.717, 1.165) is 21.5 Å². The number of aromatic nitrogens is 2. The number of rotatable bonds is 4. The summed E-state index contributed by atoms with van der Waals surface area (Å²) in [6.45, 7) is 6.74. The maximum atomic E-state index is 5.89. The van der Waals surface area contributed by atoms with Crippen molar-refractivity contribution in [2.45, 2.75) is 32.7 Å². The summed E-state index contributed by atoms with van der Waals surface area (Å²) < 4.78 is 5.16. The van der Waals surface area contributed by atoms with E-state index in [1.165, 1.54) is 0 Å². The Labute approximate surface area is 134 Å². The van der Waals surface area contributed by atoms with Gasteiger partial charge in [-0.1, -0.05) is 38.2 Å². The first-order chi connectivity index (χ1) is 10.4. The number of anilines is 1. The van der Waals surface area contributed by atoms with Crippen LogP contribution in [0.3, 0.4) is 0 Å². The van der Waals surface area contributed by atoms with Gasteiger partial charge in [0.15, 0.2) is 5.96 Å². The molecule has 22 heavy (non-hydrogen) atoms. The van der Waals surface area contributed by atoms with E-state index in [1.807, 2.05) is 24.3 Å². The maximum Gasteiger partial charge on any atom is 0.193 e. The minimum Gasteiger partial charge on any atom is -0.497 e. The summed E-state index contributed by atoms with van der Waals surface area (Å²) in [6.07, 6.45) is 0. The molecule has 0 aliphatic carbocycles. The normalized spacial score (nSPS) is 12.3. The molecule has 0 unspecified atom stereocenters. The van der Waals surface area contributed by atoms with E-state index >= 15 is 0 Å². The van der Waals surface area contributed by atoms with Crippen molar-refractivity contribution in [3.05, 3.63) is 34.3 Å². The molecule has 0 radical (unpaired) electrons. The third-order valence-corrected chi connectivity index (χ3v) is 4.17. The Bertz CT molecular complexity index is 660. The second-order valence-electron chi connectivity index (χ2n) is 5.81. The zero-order valence-corrected chi connectivity index (χ0v) is 14.1. The number of hydrogen-bond acceptors (Lipinski definition) is 5. The van der Waals surface area contributed by atoms with E-state index in [9.17, 15) is 0 Å². The van der Waals surface area contributed by atoms with Gasteiger partial charge in [0.05, 0.1) is 13.7 Å². The molecular formula is C15H21N5OS. The van der Waals surface area contributed by atoms with Crippen molar-refractivity contribution in [1.29, 1.82) is 0 Å². The van der Waals surface area contributed by atoms with Gasteiger partial charge < -0.3 is 15.8 Å². The lowest BCUT2D eigenvalue weighted by molar-refractivity contribution is 0.415. The summed E-state index contributed by atoms with van der Waals surface area (Å²) in [4.78, 5) is 4.29. The molecule has 118 valence electrons. The maximum absolute atomic E-state index is 5.89. The number of nitrogens with zero attached hydrogens (tertiary/aromatic N) is 3. The average Bonchev–Trinajstić information content (AvgIpc) is 2.94. The highest BCUT2D eigenvalue weighted by molar-refractivity contribution is 7.11. The first kappa shape index (κ1) is 16.2. The Morgan fingerprint density at radius 2 is 2.14 bits per heavy atom. The van der Waals surface area contributed by atoms with Crippen LogP contribution in [0.25, 0.3) is 0 Å². The highest BCUT2D eigenvalue weighted by Crippen LogP contribution is 2.25. The predicted octanol–water partition coefficient (Wildman–Crippen LogP) is 2.77. The molecule has 0 atom stereocenters. The van der Waals surface area contributed by atoms with Gasteiger partial charge in [0.2, 0.25) is 0 Å². The molecule has 0 bridgehead atoms. The summed E-state index contributed by atoms with van der Waals surface area (Å²) >= 11 is 1.56. The van der Waals surface area contributed by atoms with Crippen molar-refractivity contribution in [2.24, 2.45) is 10.7 Å². The Kier molecular flexibility index (Phi) is 4.97. The molecule has 1 heterocycles. The van der Waals surface area contributed by atoms with Crippen LogP contribution in [0.2, 0.25) is 0 Å². The monoisotopic (exact) mass is 319 g/mol. The molecule has 6 nitrogen and oxygen atoms in total. The van der Waals surface area contributed by atoms with Crippen LogP contribution in [0.15, 0.2) is 29.3 Å².